The number of benzene rings is 1. The zero-order chi connectivity index (χ0) is 14.3. The van der Waals surface area contributed by atoms with Crippen LogP contribution in [0, 0.1) is 6.92 Å². The van der Waals surface area contributed by atoms with E-state index in [1.54, 1.807) is 30.3 Å². The average molecular weight is 278 g/mol. The van der Waals surface area contributed by atoms with E-state index in [1.807, 2.05) is 12.3 Å². The minimum absolute atomic E-state index is 0.0747. The van der Waals surface area contributed by atoms with Gasteiger partial charge in [0.05, 0.1) is 11.3 Å². The molecule has 0 spiro atoms. The quantitative estimate of drug-likeness (QED) is 0.885. The van der Waals surface area contributed by atoms with E-state index in [2.05, 4.69) is 10.3 Å². The number of carbonyl (C=O) groups excluding carboxylic acids is 1. The largest absolute Gasteiger partial charge is 0.478 e. The number of anilines is 1. The molecule has 100 valence electrons. The maximum Gasteiger partial charge on any atom is 0.335 e. The van der Waals surface area contributed by atoms with Crippen molar-refractivity contribution in [3.8, 4) is 0 Å². The van der Waals surface area contributed by atoms with Crippen molar-refractivity contribution in [2.45, 2.75) is 13.8 Å². The molecule has 0 atom stereocenters. The third-order valence-corrected chi connectivity index (χ3v) is 2.80. The van der Waals surface area contributed by atoms with Gasteiger partial charge in [0.25, 0.3) is 0 Å². The molecule has 0 aliphatic carbocycles. The van der Waals surface area contributed by atoms with E-state index < -0.39 is 5.97 Å². The molecule has 1 amide bonds. The third-order valence-electron chi connectivity index (χ3n) is 1.92. The smallest absolute Gasteiger partial charge is 0.335 e. The van der Waals surface area contributed by atoms with Gasteiger partial charge in [0.15, 0.2) is 5.13 Å². The fourth-order valence-electron chi connectivity index (χ4n) is 1.14. The Morgan fingerprint density at radius 3 is 2.26 bits per heavy atom. The van der Waals surface area contributed by atoms with E-state index in [0.29, 0.717) is 10.7 Å². The van der Waals surface area contributed by atoms with Gasteiger partial charge in [0.2, 0.25) is 5.91 Å². The molecule has 19 heavy (non-hydrogen) atoms. The van der Waals surface area contributed by atoms with Crippen LogP contribution in [0.3, 0.4) is 0 Å². The number of aromatic carboxylic acids is 1. The van der Waals surface area contributed by atoms with Crippen LogP contribution in [0.15, 0.2) is 35.7 Å². The van der Waals surface area contributed by atoms with Gasteiger partial charge in [0.1, 0.15) is 0 Å². The zero-order valence-electron chi connectivity index (χ0n) is 10.6. The summed E-state index contributed by atoms with van der Waals surface area (Å²) in [6.45, 7) is 3.36. The lowest BCUT2D eigenvalue weighted by Gasteiger charge is -1.91. The molecule has 2 rings (SSSR count). The second kappa shape index (κ2) is 7.27. The third kappa shape index (κ3) is 5.78. The van der Waals surface area contributed by atoms with Gasteiger partial charge in [-0.2, -0.15) is 0 Å². The molecule has 0 radical (unpaired) electrons. The van der Waals surface area contributed by atoms with Crippen LogP contribution in [0.4, 0.5) is 5.13 Å². The Labute approximate surface area is 114 Å². The van der Waals surface area contributed by atoms with Crippen molar-refractivity contribution in [1.29, 1.82) is 0 Å². The second-order valence-corrected chi connectivity index (χ2v) is 4.50. The number of carboxylic acid groups (broad SMARTS) is 1. The van der Waals surface area contributed by atoms with Gasteiger partial charge < -0.3 is 10.4 Å². The molecular formula is C13H14N2O3S. The lowest BCUT2D eigenvalue weighted by Crippen LogP contribution is -2.04. The first-order valence-electron chi connectivity index (χ1n) is 5.47. The molecule has 1 aromatic heterocycles. The fraction of sp³-hybridized carbons (Fsp3) is 0.154. The Bertz CT molecular complexity index is 552. The summed E-state index contributed by atoms with van der Waals surface area (Å²) in [7, 11) is 0. The Morgan fingerprint density at radius 1 is 1.26 bits per heavy atom. The minimum atomic E-state index is -0.879. The first-order valence-corrected chi connectivity index (χ1v) is 6.35. The van der Waals surface area contributed by atoms with Crippen LogP contribution in [0.25, 0.3) is 0 Å². The Balaban J connectivity index is 0.000000191. The normalized spacial score (nSPS) is 9.16. The molecule has 0 aliphatic rings. The van der Waals surface area contributed by atoms with Crippen LogP contribution in [0.2, 0.25) is 0 Å². The number of nitrogens with zero attached hydrogens (tertiary/aromatic N) is 1. The van der Waals surface area contributed by atoms with Crippen molar-refractivity contribution < 1.29 is 14.7 Å². The van der Waals surface area contributed by atoms with Crippen molar-refractivity contribution in [1.82, 2.24) is 4.98 Å². The molecule has 2 aromatic rings. The first kappa shape index (κ1) is 14.8. The lowest BCUT2D eigenvalue weighted by molar-refractivity contribution is -0.114. The number of amides is 1. The summed E-state index contributed by atoms with van der Waals surface area (Å²) in [4.78, 5) is 24.7. The summed E-state index contributed by atoms with van der Waals surface area (Å²) in [5, 5.41) is 13.5. The fourth-order valence-corrected chi connectivity index (χ4v) is 1.88. The van der Waals surface area contributed by atoms with E-state index in [4.69, 9.17) is 5.11 Å². The predicted molar refractivity (Wildman–Crippen MR) is 74.6 cm³/mol. The first-order chi connectivity index (χ1) is 8.99. The van der Waals surface area contributed by atoms with Gasteiger partial charge in [-0.3, -0.25) is 4.79 Å². The molecule has 1 heterocycles. The summed E-state index contributed by atoms with van der Waals surface area (Å²) in [5.74, 6) is -0.954. The summed E-state index contributed by atoms with van der Waals surface area (Å²) in [5.41, 5.74) is 1.27. The summed E-state index contributed by atoms with van der Waals surface area (Å²) < 4.78 is 0. The van der Waals surface area contributed by atoms with Crippen molar-refractivity contribution in [3.63, 3.8) is 0 Å². The number of hydrogen-bond acceptors (Lipinski definition) is 4. The Morgan fingerprint density at radius 2 is 1.89 bits per heavy atom. The highest BCUT2D eigenvalue weighted by Crippen LogP contribution is 2.13. The number of rotatable bonds is 2. The predicted octanol–water partition coefficient (Wildman–Crippen LogP) is 2.79. The monoisotopic (exact) mass is 278 g/mol. The Hall–Kier alpha value is -2.21. The van der Waals surface area contributed by atoms with Crippen LogP contribution in [0.5, 0.6) is 0 Å². The van der Waals surface area contributed by atoms with Crippen LogP contribution in [-0.4, -0.2) is 22.0 Å². The Kier molecular flexibility index (Phi) is 5.69. The van der Waals surface area contributed by atoms with Crippen LogP contribution < -0.4 is 5.32 Å². The van der Waals surface area contributed by atoms with Crippen molar-refractivity contribution in [2.75, 3.05) is 5.32 Å². The van der Waals surface area contributed by atoms with Gasteiger partial charge in [0, 0.05) is 12.3 Å². The number of hydrogen-bond donors (Lipinski definition) is 2. The van der Waals surface area contributed by atoms with E-state index in [-0.39, 0.29) is 5.91 Å². The average Bonchev–Trinajstić information content (AvgIpc) is 2.76. The number of aryl methyl sites for hydroxylation is 1. The minimum Gasteiger partial charge on any atom is -0.478 e. The maximum atomic E-state index is 10.5. The van der Waals surface area contributed by atoms with Crippen LogP contribution in [0.1, 0.15) is 23.0 Å². The van der Waals surface area contributed by atoms with Crippen molar-refractivity contribution in [2.24, 2.45) is 0 Å². The van der Waals surface area contributed by atoms with Gasteiger partial charge >= 0.3 is 5.97 Å². The zero-order valence-corrected chi connectivity index (χ0v) is 11.4. The number of carboxylic acids is 1. The van der Waals surface area contributed by atoms with Crippen LogP contribution in [-0.2, 0) is 4.79 Å². The van der Waals surface area contributed by atoms with Gasteiger partial charge in [-0.25, -0.2) is 9.78 Å². The standard InChI is InChI=1S/C7H6O2.C6H8N2OS/c8-7(9)6-4-2-1-3-5-6;1-4-3-10-6(7-4)8-5(2)9/h1-5H,(H,8,9);3H,1-2H3,(H,7,8,9). The van der Waals surface area contributed by atoms with E-state index in [9.17, 15) is 9.59 Å². The SMILES string of the molecule is CC(=O)Nc1nc(C)cs1.O=C(O)c1ccccc1. The molecule has 6 heteroatoms. The second-order valence-electron chi connectivity index (χ2n) is 3.65. The highest BCUT2D eigenvalue weighted by Gasteiger charge is 1.98. The van der Waals surface area contributed by atoms with Gasteiger partial charge in [-0.1, -0.05) is 18.2 Å². The summed E-state index contributed by atoms with van der Waals surface area (Å²) >= 11 is 1.43. The van der Waals surface area contributed by atoms with Gasteiger partial charge in [-0.15, -0.1) is 11.3 Å². The highest BCUT2D eigenvalue weighted by molar-refractivity contribution is 7.13. The lowest BCUT2D eigenvalue weighted by atomic mass is 10.2. The molecule has 0 fully saturated rings. The highest BCUT2D eigenvalue weighted by atomic mass is 32.1. The molecule has 0 aliphatic heterocycles. The molecular weight excluding hydrogens is 264 g/mol. The van der Waals surface area contributed by atoms with E-state index in [1.165, 1.54) is 18.3 Å². The number of carbonyl (C=O) groups is 2. The number of thiazole rings is 1. The number of aromatic nitrogens is 1. The topological polar surface area (TPSA) is 79.3 Å². The molecule has 5 nitrogen and oxygen atoms in total. The molecule has 0 saturated heterocycles. The maximum absolute atomic E-state index is 10.5. The molecule has 0 saturated carbocycles. The summed E-state index contributed by atoms with van der Waals surface area (Å²) in [6.07, 6.45) is 0. The summed E-state index contributed by atoms with van der Waals surface area (Å²) in [6, 6.07) is 8.30. The van der Waals surface area contributed by atoms with Crippen molar-refractivity contribution in [3.05, 3.63) is 47.0 Å². The number of nitrogens with one attached hydrogen (secondary N) is 1. The van der Waals surface area contributed by atoms with Gasteiger partial charge in [-0.05, 0) is 19.1 Å². The molecule has 0 unspecified atom stereocenters. The van der Waals surface area contributed by atoms with Crippen LogP contribution >= 0.6 is 11.3 Å². The van der Waals surface area contributed by atoms with E-state index >= 15 is 0 Å². The van der Waals surface area contributed by atoms with E-state index in [0.717, 1.165) is 5.69 Å². The van der Waals surface area contributed by atoms with Crippen molar-refractivity contribution >= 4 is 28.3 Å². The molecule has 1 aromatic carbocycles. The molecule has 2 N–H and O–H groups in total. The molecule has 0 bridgehead atoms.